The maximum absolute atomic E-state index is 13.7. The van der Waals surface area contributed by atoms with Crippen molar-refractivity contribution in [1.82, 2.24) is 4.57 Å². The van der Waals surface area contributed by atoms with E-state index in [4.69, 9.17) is 9.47 Å². The van der Waals surface area contributed by atoms with E-state index in [1.54, 1.807) is 35.9 Å². The van der Waals surface area contributed by atoms with Gasteiger partial charge in [0.25, 0.3) is 5.91 Å². The lowest BCUT2D eigenvalue weighted by atomic mass is 10.00. The number of hydrogen-bond acceptors (Lipinski definition) is 5. The fourth-order valence-corrected chi connectivity index (χ4v) is 3.91. The molecule has 6 heteroatoms. The summed E-state index contributed by atoms with van der Waals surface area (Å²) in [5, 5.41) is 0.950. The van der Waals surface area contributed by atoms with Crippen LogP contribution in [0.5, 0.6) is 5.75 Å². The Morgan fingerprint density at radius 1 is 1.14 bits per heavy atom. The first-order valence-corrected chi connectivity index (χ1v) is 9.63. The molecule has 29 heavy (non-hydrogen) atoms. The quantitative estimate of drug-likeness (QED) is 0.638. The van der Waals surface area contributed by atoms with Crippen molar-refractivity contribution >= 4 is 29.0 Å². The number of aromatic nitrogens is 1. The number of hydrogen-bond donors (Lipinski definition) is 0. The summed E-state index contributed by atoms with van der Waals surface area (Å²) in [6, 6.07) is 14.8. The lowest BCUT2D eigenvalue weighted by Gasteiger charge is -2.16. The van der Waals surface area contributed by atoms with Crippen LogP contribution >= 0.6 is 0 Å². The lowest BCUT2D eigenvalue weighted by Crippen LogP contribution is -2.24. The average molecular weight is 390 g/mol. The van der Waals surface area contributed by atoms with Crippen LogP contribution in [-0.2, 0) is 16.0 Å². The van der Waals surface area contributed by atoms with Crippen molar-refractivity contribution in [1.29, 1.82) is 0 Å². The molecule has 148 valence electrons. The van der Waals surface area contributed by atoms with E-state index < -0.39 is 11.9 Å². The summed E-state index contributed by atoms with van der Waals surface area (Å²) in [5.41, 5.74) is 2.78. The van der Waals surface area contributed by atoms with Crippen LogP contribution in [-0.4, -0.2) is 42.9 Å². The van der Waals surface area contributed by atoms with Crippen LogP contribution in [0.25, 0.3) is 10.9 Å². The van der Waals surface area contributed by atoms with Crippen molar-refractivity contribution in [2.75, 3.05) is 20.3 Å². The van der Waals surface area contributed by atoms with Crippen LogP contribution in [0.1, 0.15) is 34.5 Å². The first-order chi connectivity index (χ1) is 14.2. The van der Waals surface area contributed by atoms with Gasteiger partial charge in [0.05, 0.1) is 24.8 Å². The Hall–Kier alpha value is -3.41. The third-order valence-corrected chi connectivity index (χ3v) is 5.14. The molecule has 0 spiro atoms. The standard InChI is InChI=1S/C23H22N2O4/c1-3-29-23(27)18-14-24-13-12-16-15-8-4-6-10-19(15)25(21(16)18)22(26)17-9-5-7-11-20(17)28-2/h4-11,14,18H,3,12-13H2,1-2H3. The maximum atomic E-state index is 13.7. The normalized spacial score (nSPS) is 15.6. The molecular weight excluding hydrogens is 368 g/mol. The molecule has 1 aliphatic heterocycles. The number of benzene rings is 2. The van der Waals surface area contributed by atoms with Gasteiger partial charge in [0.15, 0.2) is 0 Å². The summed E-state index contributed by atoms with van der Waals surface area (Å²) < 4.78 is 12.3. The van der Waals surface area contributed by atoms with Gasteiger partial charge >= 0.3 is 5.97 Å². The molecule has 1 unspecified atom stereocenters. The van der Waals surface area contributed by atoms with E-state index in [1.165, 1.54) is 7.11 Å². The monoisotopic (exact) mass is 390 g/mol. The number of fused-ring (bicyclic) bond motifs is 3. The van der Waals surface area contributed by atoms with E-state index >= 15 is 0 Å². The number of carbonyl (C=O) groups excluding carboxylic acids is 2. The number of rotatable bonds is 4. The van der Waals surface area contributed by atoms with Crippen molar-refractivity contribution < 1.29 is 19.1 Å². The molecule has 0 N–H and O–H groups in total. The molecule has 2 heterocycles. The van der Waals surface area contributed by atoms with E-state index in [1.807, 2.05) is 30.3 Å². The Morgan fingerprint density at radius 2 is 1.90 bits per heavy atom. The van der Waals surface area contributed by atoms with Gasteiger partial charge in [-0.1, -0.05) is 30.3 Å². The van der Waals surface area contributed by atoms with E-state index in [-0.39, 0.29) is 12.5 Å². The Bertz CT molecular complexity index is 1110. The molecule has 0 amide bonds. The zero-order valence-corrected chi connectivity index (χ0v) is 16.4. The molecule has 0 saturated carbocycles. The van der Waals surface area contributed by atoms with Crippen LogP contribution in [0.2, 0.25) is 0 Å². The zero-order chi connectivity index (χ0) is 20.4. The summed E-state index contributed by atoms with van der Waals surface area (Å²) in [6.07, 6.45) is 2.25. The topological polar surface area (TPSA) is 69.9 Å². The van der Waals surface area contributed by atoms with Gasteiger partial charge < -0.3 is 9.47 Å². The van der Waals surface area contributed by atoms with Gasteiger partial charge in [0.2, 0.25) is 0 Å². The van der Waals surface area contributed by atoms with Crippen LogP contribution in [0.3, 0.4) is 0 Å². The molecular formula is C23H22N2O4. The summed E-state index contributed by atoms with van der Waals surface area (Å²) in [5.74, 6) is -0.904. The van der Waals surface area contributed by atoms with E-state index in [2.05, 4.69) is 4.99 Å². The second-order valence-electron chi connectivity index (χ2n) is 6.76. The molecule has 3 aromatic rings. The number of esters is 1. The Balaban J connectivity index is 2.00. The predicted molar refractivity (Wildman–Crippen MR) is 111 cm³/mol. The molecule has 0 fully saturated rings. The van der Waals surface area contributed by atoms with E-state index in [0.29, 0.717) is 30.0 Å². The van der Waals surface area contributed by atoms with Gasteiger partial charge in [0, 0.05) is 23.8 Å². The smallest absolute Gasteiger partial charge is 0.320 e. The molecule has 1 aromatic heterocycles. The fraction of sp³-hybridized carbons (Fsp3) is 0.261. The highest BCUT2D eigenvalue weighted by atomic mass is 16.5. The third-order valence-electron chi connectivity index (χ3n) is 5.14. The van der Waals surface area contributed by atoms with Crippen molar-refractivity contribution in [2.24, 2.45) is 4.99 Å². The van der Waals surface area contributed by atoms with Crippen LogP contribution in [0, 0.1) is 0 Å². The second kappa shape index (κ2) is 7.91. The Morgan fingerprint density at radius 3 is 2.69 bits per heavy atom. The van der Waals surface area contributed by atoms with E-state index in [0.717, 1.165) is 16.5 Å². The number of ether oxygens (including phenoxy) is 2. The van der Waals surface area contributed by atoms with Crippen molar-refractivity contribution in [2.45, 2.75) is 19.3 Å². The van der Waals surface area contributed by atoms with Gasteiger partial charge in [-0.15, -0.1) is 0 Å². The zero-order valence-electron chi connectivity index (χ0n) is 16.4. The summed E-state index contributed by atoms with van der Waals surface area (Å²) >= 11 is 0. The molecule has 4 rings (SSSR count). The first kappa shape index (κ1) is 18.9. The minimum Gasteiger partial charge on any atom is -0.496 e. The Kier molecular flexibility index (Phi) is 5.16. The van der Waals surface area contributed by atoms with E-state index in [9.17, 15) is 9.59 Å². The van der Waals surface area contributed by atoms with Crippen molar-refractivity contribution in [3.05, 3.63) is 65.4 Å². The SMILES string of the molecule is CCOC(=O)C1C=NCCc2c1n(C(=O)c1ccccc1OC)c1ccccc21. The highest BCUT2D eigenvalue weighted by Gasteiger charge is 2.33. The largest absolute Gasteiger partial charge is 0.496 e. The lowest BCUT2D eigenvalue weighted by molar-refractivity contribution is -0.143. The number of aliphatic imine (C=N–C) groups is 1. The predicted octanol–water partition coefficient (Wildman–Crippen LogP) is 3.61. The van der Waals surface area contributed by atoms with Gasteiger partial charge in [-0.3, -0.25) is 19.1 Å². The molecule has 1 atom stereocenters. The highest BCUT2D eigenvalue weighted by Crippen LogP contribution is 2.35. The number of nitrogens with zero attached hydrogens (tertiary/aromatic N) is 2. The molecule has 0 saturated heterocycles. The highest BCUT2D eigenvalue weighted by molar-refractivity contribution is 6.08. The number of methoxy groups -OCH3 is 1. The molecule has 0 bridgehead atoms. The minimum absolute atomic E-state index is 0.246. The number of para-hydroxylation sites is 2. The van der Waals surface area contributed by atoms with Crippen LogP contribution < -0.4 is 4.74 Å². The molecule has 6 nitrogen and oxygen atoms in total. The molecule has 0 radical (unpaired) electrons. The fourth-order valence-electron chi connectivity index (χ4n) is 3.91. The first-order valence-electron chi connectivity index (χ1n) is 9.63. The van der Waals surface area contributed by atoms with Crippen molar-refractivity contribution in [3.8, 4) is 5.75 Å². The summed E-state index contributed by atoms with van der Waals surface area (Å²) in [7, 11) is 1.54. The van der Waals surface area contributed by atoms with Crippen molar-refractivity contribution in [3.63, 3.8) is 0 Å². The number of carbonyl (C=O) groups is 2. The maximum Gasteiger partial charge on any atom is 0.320 e. The minimum atomic E-state index is -0.737. The third kappa shape index (κ3) is 3.20. The van der Waals surface area contributed by atoms with Gasteiger partial charge in [-0.25, -0.2) is 0 Å². The molecule has 0 aliphatic carbocycles. The molecule has 1 aliphatic rings. The second-order valence-corrected chi connectivity index (χ2v) is 6.76. The van der Waals surface area contributed by atoms with Crippen LogP contribution in [0.4, 0.5) is 0 Å². The summed E-state index contributed by atoms with van der Waals surface area (Å²) in [6.45, 7) is 2.58. The average Bonchev–Trinajstić information content (AvgIpc) is 2.91. The molecule has 2 aromatic carbocycles. The van der Waals surface area contributed by atoms with Gasteiger partial charge in [0.1, 0.15) is 11.7 Å². The summed E-state index contributed by atoms with van der Waals surface area (Å²) in [4.78, 5) is 30.8. The van der Waals surface area contributed by atoms with Gasteiger partial charge in [-0.05, 0) is 37.1 Å². The van der Waals surface area contributed by atoms with Crippen LogP contribution in [0.15, 0.2) is 53.5 Å². The Labute approximate surface area is 168 Å². The van der Waals surface area contributed by atoms with Gasteiger partial charge in [-0.2, -0.15) is 0 Å².